The summed E-state index contributed by atoms with van der Waals surface area (Å²) in [5, 5.41) is 0. The van der Waals surface area contributed by atoms with Crippen molar-refractivity contribution in [3.05, 3.63) is 0 Å². The van der Waals surface area contributed by atoms with Crippen LogP contribution in [0, 0.1) is 23.2 Å². The van der Waals surface area contributed by atoms with Gasteiger partial charge in [-0.05, 0) is 49.5 Å². The van der Waals surface area contributed by atoms with Crippen LogP contribution >= 0.6 is 0 Å². The van der Waals surface area contributed by atoms with Crippen LogP contribution in [0.1, 0.15) is 46.5 Å². The van der Waals surface area contributed by atoms with Crippen LogP contribution in [0.3, 0.4) is 0 Å². The Morgan fingerprint density at radius 3 is 2.27 bits per heavy atom. The first kappa shape index (κ1) is 16.3. The van der Waals surface area contributed by atoms with E-state index in [2.05, 4.69) is 30.6 Å². The molecule has 126 valence electrons. The molecule has 2 aliphatic carbocycles. The Hall–Kier alpha value is -0.610. The summed E-state index contributed by atoms with van der Waals surface area (Å²) < 4.78 is 0. The highest BCUT2D eigenvalue weighted by Gasteiger charge is 2.50. The molecule has 3 aliphatic rings. The molecule has 1 amide bonds. The van der Waals surface area contributed by atoms with E-state index in [1.807, 2.05) is 0 Å². The highest BCUT2D eigenvalue weighted by atomic mass is 16.2. The van der Waals surface area contributed by atoms with Gasteiger partial charge in [0.1, 0.15) is 0 Å². The fourth-order valence-corrected chi connectivity index (χ4v) is 4.60. The lowest BCUT2D eigenvalue weighted by Crippen LogP contribution is -2.54. The highest BCUT2D eigenvalue weighted by Crippen LogP contribution is 2.48. The smallest absolute Gasteiger partial charge is 0.227 e. The fraction of sp³-hybridized carbons (Fsp3) is 0.944. The standard InChI is InChI=1S/C18H33N3O/c1-18(2,3)6-7-20-8-10-21(11-9-20)17(22)15-13-4-5-14(12-13)16(15)19/h13-16H,4-12,19H2,1-3H3. The zero-order chi connectivity index (χ0) is 15.9. The van der Waals surface area contributed by atoms with E-state index in [-0.39, 0.29) is 12.0 Å². The Bertz CT molecular complexity index is 407. The second kappa shape index (κ2) is 6.12. The van der Waals surface area contributed by atoms with Crippen molar-refractivity contribution in [2.75, 3.05) is 32.7 Å². The maximum atomic E-state index is 12.9. The van der Waals surface area contributed by atoms with Crippen LogP contribution in [0.2, 0.25) is 0 Å². The highest BCUT2D eigenvalue weighted by molar-refractivity contribution is 5.80. The van der Waals surface area contributed by atoms with Gasteiger partial charge in [0.05, 0.1) is 5.92 Å². The predicted molar refractivity (Wildman–Crippen MR) is 89.4 cm³/mol. The molecule has 3 rings (SSSR count). The van der Waals surface area contributed by atoms with Crippen molar-refractivity contribution in [2.45, 2.75) is 52.5 Å². The number of amides is 1. The number of piperazine rings is 1. The molecule has 1 saturated heterocycles. The van der Waals surface area contributed by atoms with Crippen LogP contribution in [0.25, 0.3) is 0 Å². The third-order valence-electron chi connectivity index (χ3n) is 6.13. The van der Waals surface area contributed by atoms with Crippen LogP contribution < -0.4 is 5.73 Å². The van der Waals surface area contributed by atoms with Gasteiger partial charge in [0.15, 0.2) is 0 Å². The number of hydrogen-bond acceptors (Lipinski definition) is 3. The molecule has 4 nitrogen and oxygen atoms in total. The van der Waals surface area contributed by atoms with E-state index in [0.717, 1.165) is 32.7 Å². The summed E-state index contributed by atoms with van der Waals surface area (Å²) in [6.45, 7) is 11.9. The number of rotatable bonds is 3. The average molecular weight is 307 g/mol. The maximum Gasteiger partial charge on any atom is 0.227 e. The minimum absolute atomic E-state index is 0.125. The summed E-state index contributed by atoms with van der Waals surface area (Å²) in [7, 11) is 0. The normalized spacial score (nSPS) is 36.1. The van der Waals surface area contributed by atoms with E-state index in [1.54, 1.807) is 0 Å². The van der Waals surface area contributed by atoms with Crippen LogP contribution in [0.15, 0.2) is 0 Å². The van der Waals surface area contributed by atoms with E-state index < -0.39 is 0 Å². The van der Waals surface area contributed by atoms with E-state index in [9.17, 15) is 4.79 Å². The summed E-state index contributed by atoms with van der Waals surface area (Å²) in [5.41, 5.74) is 6.73. The first-order valence-electron chi connectivity index (χ1n) is 9.12. The molecule has 4 unspecified atom stereocenters. The molecule has 3 fully saturated rings. The Morgan fingerprint density at radius 2 is 1.73 bits per heavy atom. The van der Waals surface area contributed by atoms with Crippen molar-refractivity contribution in [3.63, 3.8) is 0 Å². The van der Waals surface area contributed by atoms with Crippen molar-refractivity contribution in [1.29, 1.82) is 0 Å². The molecule has 1 aliphatic heterocycles. The van der Waals surface area contributed by atoms with E-state index in [1.165, 1.54) is 25.7 Å². The molecule has 0 spiro atoms. The quantitative estimate of drug-likeness (QED) is 0.867. The molecule has 4 heteroatoms. The SMILES string of the molecule is CC(C)(C)CCN1CCN(C(=O)C2C3CCC(C3)C2N)CC1. The molecule has 2 N–H and O–H groups in total. The molecule has 0 aromatic heterocycles. The molecule has 0 aromatic rings. The number of fused-ring (bicyclic) bond motifs is 2. The van der Waals surface area contributed by atoms with Gasteiger partial charge in [-0.3, -0.25) is 9.69 Å². The topological polar surface area (TPSA) is 49.6 Å². The molecule has 2 bridgehead atoms. The van der Waals surface area contributed by atoms with E-state index in [4.69, 9.17) is 5.73 Å². The summed E-state index contributed by atoms with van der Waals surface area (Å²) in [6.07, 6.45) is 4.89. The van der Waals surface area contributed by atoms with E-state index >= 15 is 0 Å². The Kier molecular flexibility index (Phi) is 4.52. The van der Waals surface area contributed by atoms with Gasteiger partial charge in [-0.2, -0.15) is 0 Å². The van der Waals surface area contributed by atoms with Crippen molar-refractivity contribution < 1.29 is 4.79 Å². The number of nitrogens with two attached hydrogens (primary N) is 1. The summed E-state index contributed by atoms with van der Waals surface area (Å²) in [6, 6.07) is 0.130. The number of carbonyl (C=O) groups excluding carboxylic acids is 1. The van der Waals surface area contributed by atoms with Crippen LogP contribution in [0.4, 0.5) is 0 Å². The lowest BCUT2D eigenvalue weighted by atomic mass is 9.84. The van der Waals surface area contributed by atoms with Gasteiger partial charge in [-0.25, -0.2) is 0 Å². The zero-order valence-electron chi connectivity index (χ0n) is 14.6. The first-order valence-corrected chi connectivity index (χ1v) is 9.12. The molecule has 22 heavy (non-hydrogen) atoms. The molecule has 0 aromatic carbocycles. The minimum atomic E-state index is 0.125. The second-order valence-corrected chi connectivity index (χ2v) is 8.91. The number of hydrogen-bond donors (Lipinski definition) is 1. The second-order valence-electron chi connectivity index (χ2n) is 8.91. The van der Waals surface area contributed by atoms with Gasteiger partial charge in [-0.15, -0.1) is 0 Å². The minimum Gasteiger partial charge on any atom is -0.340 e. The van der Waals surface area contributed by atoms with Crippen LogP contribution in [-0.4, -0.2) is 54.5 Å². The monoisotopic (exact) mass is 307 g/mol. The van der Waals surface area contributed by atoms with Crippen molar-refractivity contribution in [2.24, 2.45) is 28.9 Å². The van der Waals surface area contributed by atoms with Crippen molar-refractivity contribution in [3.8, 4) is 0 Å². The van der Waals surface area contributed by atoms with Crippen molar-refractivity contribution >= 4 is 5.91 Å². The van der Waals surface area contributed by atoms with Crippen molar-refractivity contribution in [1.82, 2.24) is 9.80 Å². The van der Waals surface area contributed by atoms with Gasteiger partial charge in [0.2, 0.25) is 5.91 Å². The number of nitrogens with zero attached hydrogens (tertiary/aromatic N) is 2. The third-order valence-corrected chi connectivity index (χ3v) is 6.13. The largest absolute Gasteiger partial charge is 0.340 e. The summed E-state index contributed by atoms with van der Waals surface area (Å²) in [5.74, 6) is 1.67. The van der Waals surface area contributed by atoms with Crippen LogP contribution in [0.5, 0.6) is 0 Å². The maximum absolute atomic E-state index is 12.9. The van der Waals surface area contributed by atoms with Crippen LogP contribution in [-0.2, 0) is 4.79 Å². The fourth-order valence-electron chi connectivity index (χ4n) is 4.60. The lowest BCUT2D eigenvalue weighted by molar-refractivity contribution is -0.139. The molecule has 2 saturated carbocycles. The molecule has 4 atom stereocenters. The Labute approximate surface area is 135 Å². The third kappa shape index (κ3) is 3.33. The Morgan fingerprint density at radius 1 is 1.09 bits per heavy atom. The summed E-state index contributed by atoms with van der Waals surface area (Å²) in [4.78, 5) is 17.5. The summed E-state index contributed by atoms with van der Waals surface area (Å²) >= 11 is 0. The van der Waals surface area contributed by atoms with Gasteiger partial charge in [0.25, 0.3) is 0 Å². The average Bonchev–Trinajstić information content (AvgIpc) is 3.05. The molecular formula is C18H33N3O. The van der Waals surface area contributed by atoms with Gasteiger partial charge >= 0.3 is 0 Å². The van der Waals surface area contributed by atoms with Gasteiger partial charge in [0, 0.05) is 32.2 Å². The zero-order valence-corrected chi connectivity index (χ0v) is 14.6. The van der Waals surface area contributed by atoms with Gasteiger partial charge in [-0.1, -0.05) is 20.8 Å². The lowest BCUT2D eigenvalue weighted by Gasteiger charge is -2.39. The number of carbonyl (C=O) groups is 1. The van der Waals surface area contributed by atoms with E-state index in [0.29, 0.717) is 23.2 Å². The Balaban J connectivity index is 1.48. The first-order chi connectivity index (χ1) is 10.3. The molecule has 0 radical (unpaired) electrons. The molecular weight excluding hydrogens is 274 g/mol. The van der Waals surface area contributed by atoms with Gasteiger partial charge < -0.3 is 10.6 Å². The predicted octanol–water partition coefficient (Wildman–Crippen LogP) is 1.94. The molecule has 1 heterocycles.